The number of aromatic nitrogens is 2. The van der Waals surface area contributed by atoms with Gasteiger partial charge in [-0.3, -0.25) is 19.1 Å². The molecule has 4 rings (SSSR count). The highest BCUT2D eigenvalue weighted by atomic mass is 16.5. The molecule has 134 valence electrons. The number of carbonyl (C=O) groups excluding carboxylic acids is 2. The molecule has 26 heavy (non-hydrogen) atoms. The molecule has 2 atom stereocenters. The Bertz CT molecular complexity index is 1070. The quantitative estimate of drug-likeness (QED) is 0.796. The average Bonchev–Trinajstić information content (AvgIpc) is 3.19. The summed E-state index contributed by atoms with van der Waals surface area (Å²) in [6.07, 6.45) is 1.93. The van der Waals surface area contributed by atoms with Gasteiger partial charge in [0.25, 0.3) is 5.56 Å². The van der Waals surface area contributed by atoms with E-state index in [1.807, 2.05) is 6.92 Å². The third-order valence-corrected chi connectivity index (χ3v) is 5.16. The smallest absolute Gasteiger partial charge is 0.345 e. The van der Waals surface area contributed by atoms with E-state index in [9.17, 15) is 19.2 Å². The first-order valence-electron chi connectivity index (χ1n) is 8.38. The van der Waals surface area contributed by atoms with E-state index < -0.39 is 22.6 Å². The summed E-state index contributed by atoms with van der Waals surface area (Å²) in [5, 5.41) is 2.87. The summed E-state index contributed by atoms with van der Waals surface area (Å²) < 4.78 is 6.03. The zero-order chi connectivity index (χ0) is 18.6. The largest absolute Gasteiger partial charge is 0.462 e. The first-order chi connectivity index (χ1) is 12.4. The topological polar surface area (TPSA) is 110 Å². The van der Waals surface area contributed by atoms with E-state index in [1.54, 1.807) is 25.1 Å². The van der Waals surface area contributed by atoms with Crippen molar-refractivity contribution in [3.05, 3.63) is 56.4 Å². The average molecular weight is 355 g/mol. The molecule has 1 unspecified atom stereocenters. The molecule has 2 N–H and O–H groups in total. The Kier molecular flexibility index (Phi) is 3.40. The van der Waals surface area contributed by atoms with Crippen LogP contribution in [-0.2, 0) is 14.9 Å². The molecule has 2 aliphatic rings. The van der Waals surface area contributed by atoms with Crippen molar-refractivity contribution in [1.29, 1.82) is 0 Å². The van der Waals surface area contributed by atoms with E-state index in [2.05, 4.69) is 10.3 Å². The number of ether oxygens (including phenoxy) is 1. The van der Waals surface area contributed by atoms with E-state index >= 15 is 0 Å². The summed E-state index contributed by atoms with van der Waals surface area (Å²) in [7, 11) is 0. The molecule has 1 spiro atoms. The summed E-state index contributed by atoms with van der Waals surface area (Å²) in [6.45, 7) is 3.75. The molecule has 8 heteroatoms. The second kappa shape index (κ2) is 5.42. The molecule has 1 aromatic heterocycles. The van der Waals surface area contributed by atoms with Crippen molar-refractivity contribution in [2.75, 3.05) is 11.9 Å². The Hall–Kier alpha value is -3.16. The number of aromatic amines is 1. The highest BCUT2D eigenvalue weighted by Crippen LogP contribution is 2.59. The van der Waals surface area contributed by atoms with Crippen molar-refractivity contribution < 1.29 is 14.3 Å². The molecule has 0 radical (unpaired) electrons. The molecule has 1 aliphatic heterocycles. The Balaban J connectivity index is 1.84. The third-order valence-electron chi connectivity index (χ3n) is 5.16. The van der Waals surface area contributed by atoms with Gasteiger partial charge in [-0.1, -0.05) is 6.92 Å². The number of anilines is 1. The van der Waals surface area contributed by atoms with Crippen LogP contribution < -0.4 is 16.6 Å². The van der Waals surface area contributed by atoms with Gasteiger partial charge >= 0.3 is 11.7 Å². The van der Waals surface area contributed by atoms with Gasteiger partial charge in [-0.2, -0.15) is 0 Å². The van der Waals surface area contributed by atoms with Crippen molar-refractivity contribution in [2.24, 2.45) is 5.92 Å². The lowest BCUT2D eigenvalue weighted by Crippen LogP contribution is -2.33. The van der Waals surface area contributed by atoms with Gasteiger partial charge in [0.05, 0.1) is 17.7 Å². The molecule has 2 aromatic rings. The Morgan fingerprint density at radius 1 is 1.35 bits per heavy atom. The Morgan fingerprint density at radius 2 is 2.08 bits per heavy atom. The normalized spacial score (nSPS) is 22.8. The molecule has 0 saturated heterocycles. The van der Waals surface area contributed by atoms with Crippen molar-refractivity contribution in [3.8, 4) is 5.69 Å². The number of nitrogens with zero attached hydrogens (tertiary/aromatic N) is 1. The van der Waals surface area contributed by atoms with Crippen LogP contribution in [0.25, 0.3) is 5.69 Å². The molecule has 2 heterocycles. The third kappa shape index (κ3) is 2.15. The fourth-order valence-corrected chi connectivity index (χ4v) is 3.65. The highest BCUT2D eigenvalue weighted by molar-refractivity contribution is 6.09. The van der Waals surface area contributed by atoms with Gasteiger partial charge in [-0.25, -0.2) is 9.59 Å². The van der Waals surface area contributed by atoms with Crippen molar-refractivity contribution in [2.45, 2.75) is 25.7 Å². The zero-order valence-corrected chi connectivity index (χ0v) is 14.3. The lowest BCUT2D eigenvalue weighted by molar-refractivity contribution is -0.118. The lowest BCUT2D eigenvalue weighted by Gasteiger charge is -2.11. The molecule has 1 aromatic carbocycles. The maximum absolute atomic E-state index is 12.3. The number of benzene rings is 1. The predicted octanol–water partition coefficient (Wildman–Crippen LogP) is 0.932. The number of carbonyl (C=O) groups is 2. The number of nitrogens with one attached hydrogen (secondary N) is 2. The van der Waals surface area contributed by atoms with Crippen molar-refractivity contribution >= 4 is 17.6 Å². The number of rotatable bonds is 3. The fraction of sp³-hybridized carbons (Fsp3) is 0.333. The van der Waals surface area contributed by atoms with E-state index in [0.29, 0.717) is 5.69 Å². The van der Waals surface area contributed by atoms with Gasteiger partial charge in [0, 0.05) is 11.9 Å². The Labute approximate surface area is 147 Å². The van der Waals surface area contributed by atoms with Crippen LogP contribution in [0.5, 0.6) is 0 Å². The van der Waals surface area contributed by atoms with Gasteiger partial charge in [0.2, 0.25) is 5.91 Å². The minimum absolute atomic E-state index is 0.0295. The van der Waals surface area contributed by atoms with Crippen molar-refractivity contribution in [1.82, 2.24) is 9.55 Å². The van der Waals surface area contributed by atoms with Crippen LogP contribution >= 0.6 is 0 Å². The molecule has 1 amide bonds. The SMILES string of the molecule is CCOC(=O)c1cn(-c2ccc3c(c2)C2(C[C@H]2C)C(=O)N3)c(=O)[nH]c1=O. The minimum Gasteiger partial charge on any atom is -0.462 e. The second-order valence-electron chi connectivity index (χ2n) is 6.65. The fourth-order valence-electron chi connectivity index (χ4n) is 3.65. The zero-order valence-electron chi connectivity index (χ0n) is 14.3. The summed E-state index contributed by atoms with van der Waals surface area (Å²) in [5.41, 5.74) is -0.231. The standard InChI is InChI=1S/C18H17N3O5/c1-3-26-15(23)11-8-21(17(25)20-14(11)22)10-4-5-13-12(6-10)18(7-9(18)2)16(24)19-13/h4-6,8-9H,3,7H2,1-2H3,(H,19,24)(H,20,22,25)/t9-,18?/m1/s1. The van der Waals surface area contributed by atoms with Gasteiger partial charge in [-0.05, 0) is 43.0 Å². The molecule has 1 fully saturated rings. The van der Waals surface area contributed by atoms with Gasteiger partial charge < -0.3 is 10.1 Å². The maximum atomic E-state index is 12.3. The van der Waals surface area contributed by atoms with Crippen LogP contribution in [0.1, 0.15) is 36.2 Å². The van der Waals surface area contributed by atoms with Crippen LogP contribution in [0, 0.1) is 5.92 Å². The first kappa shape index (κ1) is 16.3. The van der Waals surface area contributed by atoms with E-state index in [1.165, 1.54) is 10.8 Å². The van der Waals surface area contributed by atoms with Crippen LogP contribution in [0.2, 0.25) is 0 Å². The molecular formula is C18H17N3O5. The minimum atomic E-state index is -0.798. The number of H-pyrrole nitrogens is 1. The molecule has 8 nitrogen and oxygen atoms in total. The Morgan fingerprint density at radius 3 is 2.73 bits per heavy atom. The van der Waals surface area contributed by atoms with Gasteiger partial charge in [0.15, 0.2) is 0 Å². The molecule has 1 aliphatic carbocycles. The highest BCUT2D eigenvalue weighted by Gasteiger charge is 2.62. The monoisotopic (exact) mass is 355 g/mol. The second-order valence-corrected chi connectivity index (χ2v) is 6.65. The van der Waals surface area contributed by atoms with Gasteiger partial charge in [0.1, 0.15) is 5.56 Å². The number of fused-ring (bicyclic) bond motifs is 2. The summed E-state index contributed by atoms with van der Waals surface area (Å²) in [6, 6.07) is 5.13. The van der Waals surface area contributed by atoms with Crippen LogP contribution in [0.3, 0.4) is 0 Å². The summed E-state index contributed by atoms with van der Waals surface area (Å²) in [4.78, 5) is 50.5. The molecule has 1 saturated carbocycles. The number of amides is 1. The van der Waals surface area contributed by atoms with Crippen molar-refractivity contribution in [3.63, 3.8) is 0 Å². The van der Waals surface area contributed by atoms with Crippen LogP contribution in [0.4, 0.5) is 5.69 Å². The first-order valence-corrected chi connectivity index (χ1v) is 8.38. The maximum Gasteiger partial charge on any atom is 0.345 e. The van der Waals surface area contributed by atoms with Crippen LogP contribution in [0.15, 0.2) is 34.0 Å². The van der Waals surface area contributed by atoms with E-state index in [-0.39, 0.29) is 24.0 Å². The number of hydrogen-bond acceptors (Lipinski definition) is 5. The molecule has 0 bridgehead atoms. The summed E-state index contributed by atoms with van der Waals surface area (Å²) in [5.74, 6) is -0.604. The predicted molar refractivity (Wildman–Crippen MR) is 92.7 cm³/mol. The number of hydrogen-bond donors (Lipinski definition) is 2. The molecular weight excluding hydrogens is 338 g/mol. The van der Waals surface area contributed by atoms with E-state index in [4.69, 9.17) is 4.74 Å². The summed E-state index contributed by atoms with van der Waals surface area (Å²) >= 11 is 0. The van der Waals surface area contributed by atoms with Crippen LogP contribution in [-0.4, -0.2) is 28.0 Å². The van der Waals surface area contributed by atoms with E-state index in [0.717, 1.165) is 17.7 Å². The lowest BCUT2D eigenvalue weighted by atomic mass is 9.95. The number of esters is 1. The van der Waals surface area contributed by atoms with Gasteiger partial charge in [-0.15, -0.1) is 0 Å².